The van der Waals surface area contributed by atoms with E-state index in [0.717, 1.165) is 0 Å². The van der Waals surface area contributed by atoms with Crippen molar-refractivity contribution >= 4 is 5.97 Å². The van der Waals surface area contributed by atoms with Crippen LogP contribution in [0.25, 0.3) is 0 Å². The molecule has 0 unspecified atom stereocenters. The van der Waals surface area contributed by atoms with Gasteiger partial charge in [0.1, 0.15) is 0 Å². The van der Waals surface area contributed by atoms with Crippen molar-refractivity contribution in [2.75, 3.05) is 0 Å². The molecule has 0 radical (unpaired) electrons. The molecule has 0 heterocycles. The Morgan fingerprint density at radius 3 is 2.14 bits per heavy atom. The van der Waals surface area contributed by atoms with Crippen molar-refractivity contribution in [1.82, 2.24) is 0 Å². The van der Waals surface area contributed by atoms with Crippen LogP contribution in [0.1, 0.15) is 5.56 Å². The molecule has 1 aromatic rings. The number of benzene rings is 1. The number of rotatable bonds is 3. The van der Waals surface area contributed by atoms with Crippen LogP contribution in [-0.2, 0) is 10.6 Å². The third kappa shape index (κ3) is 1.81. The van der Waals surface area contributed by atoms with Crippen LogP contribution in [0.2, 0.25) is 0 Å². The molecule has 1 aromatic carbocycles. The second-order valence-electron chi connectivity index (χ2n) is 2.82. The first-order valence-corrected chi connectivity index (χ1v) is 3.89. The van der Waals surface area contributed by atoms with Crippen molar-refractivity contribution < 1.29 is 20.1 Å². The van der Waals surface area contributed by atoms with Crippen molar-refractivity contribution in [3.05, 3.63) is 48.0 Å². The molecule has 3 N–H and O–H groups in total. The minimum absolute atomic E-state index is 0.0763. The molecule has 0 atom stereocenters. The minimum atomic E-state index is -2.52. The largest absolute Gasteiger partial charge is 0.478 e. The van der Waals surface area contributed by atoms with Crippen molar-refractivity contribution in [2.24, 2.45) is 0 Å². The van der Waals surface area contributed by atoms with Gasteiger partial charge in [-0.1, -0.05) is 36.9 Å². The van der Waals surface area contributed by atoms with Crippen molar-refractivity contribution in [3.63, 3.8) is 0 Å². The van der Waals surface area contributed by atoms with Gasteiger partial charge in [-0.25, -0.2) is 4.79 Å². The Balaban J connectivity index is 3.08. The van der Waals surface area contributed by atoms with E-state index in [2.05, 4.69) is 6.58 Å². The Hall–Kier alpha value is -1.65. The van der Waals surface area contributed by atoms with Crippen molar-refractivity contribution in [2.45, 2.75) is 5.79 Å². The smallest absolute Gasteiger partial charge is 0.336 e. The summed E-state index contributed by atoms with van der Waals surface area (Å²) in [6.07, 6.45) is 0. The number of carboxylic acid groups (broad SMARTS) is 1. The van der Waals surface area contributed by atoms with Crippen LogP contribution in [0.3, 0.4) is 0 Å². The van der Waals surface area contributed by atoms with E-state index >= 15 is 0 Å². The zero-order chi connectivity index (χ0) is 10.8. The fourth-order valence-corrected chi connectivity index (χ4v) is 0.994. The maximum Gasteiger partial charge on any atom is 0.336 e. The first-order chi connectivity index (χ1) is 6.46. The minimum Gasteiger partial charge on any atom is -0.478 e. The van der Waals surface area contributed by atoms with Gasteiger partial charge in [-0.3, -0.25) is 0 Å². The Bertz CT molecular complexity index is 354. The van der Waals surface area contributed by atoms with Gasteiger partial charge in [0.15, 0.2) is 0 Å². The first kappa shape index (κ1) is 10.4. The summed E-state index contributed by atoms with van der Waals surface area (Å²) in [5, 5.41) is 27.6. The predicted molar refractivity (Wildman–Crippen MR) is 49.3 cm³/mol. The summed E-state index contributed by atoms with van der Waals surface area (Å²) in [6.45, 7) is 3.10. The Morgan fingerprint density at radius 2 is 1.71 bits per heavy atom. The molecular formula is C10H10O4. The van der Waals surface area contributed by atoms with Crippen LogP contribution in [-0.4, -0.2) is 21.3 Å². The molecule has 0 saturated carbocycles. The molecule has 4 heteroatoms. The molecule has 0 aliphatic heterocycles. The average molecular weight is 194 g/mol. The SMILES string of the molecule is C=C(C(=O)O)C(O)(O)c1ccccc1. The summed E-state index contributed by atoms with van der Waals surface area (Å²) in [5.74, 6) is -3.97. The quantitative estimate of drug-likeness (QED) is 0.482. The van der Waals surface area contributed by atoms with E-state index in [9.17, 15) is 15.0 Å². The zero-order valence-corrected chi connectivity index (χ0v) is 7.34. The van der Waals surface area contributed by atoms with E-state index < -0.39 is 17.3 Å². The zero-order valence-electron chi connectivity index (χ0n) is 7.34. The van der Waals surface area contributed by atoms with E-state index in [1.807, 2.05) is 0 Å². The number of carbonyl (C=O) groups is 1. The van der Waals surface area contributed by atoms with Gasteiger partial charge in [0.2, 0.25) is 5.79 Å². The molecule has 0 spiro atoms. The van der Waals surface area contributed by atoms with E-state index in [4.69, 9.17) is 5.11 Å². The van der Waals surface area contributed by atoms with Crippen LogP contribution < -0.4 is 0 Å². The third-order valence-corrected chi connectivity index (χ3v) is 1.86. The second kappa shape index (κ2) is 3.61. The van der Waals surface area contributed by atoms with E-state index in [1.54, 1.807) is 18.2 Å². The summed E-state index contributed by atoms with van der Waals surface area (Å²) in [5.41, 5.74) is -0.601. The highest BCUT2D eigenvalue weighted by atomic mass is 16.5. The summed E-state index contributed by atoms with van der Waals surface area (Å²) < 4.78 is 0. The maximum atomic E-state index is 10.5. The molecule has 14 heavy (non-hydrogen) atoms. The maximum absolute atomic E-state index is 10.5. The van der Waals surface area contributed by atoms with Gasteiger partial charge in [0.25, 0.3) is 0 Å². The van der Waals surface area contributed by atoms with Crippen LogP contribution >= 0.6 is 0 Å². The summed E-state index contributed by atoms with van der Waals surface area (Å²) >= 11 is 0. The van der Waals surface area contributed by atoms with Gasteiger partial charge < -0.3 is 15.3 Å². The second-order valence-corrected chi connectivity index (χ2v) is 2.82. The summed E-state index contributed by atoms with van der Waals surface area (Å²) in [6, 6.07) is 7.66. The number of aliphatic carboxylic acids is 1. The van der Waals surface area contributed by atoms with Crippen LogP contribution in [0.15, 0.2) is 42.5 Å². The van der Waals surface area contributed by atoms with Crippen LogP contribution in [0.4, 0.5) is 0 Å². The third-order valence-electron chi connectivity index (χ3n) is 1.86. The predicted octanol–water partition coefficient (Wildman–Crippen LogP) is 0.465. The standard InChI is InChI=1S/C10H10O4/c1-7(9(11)12)10(13,14)8-5-3-2-4-6-8/h2-6,13-14H,1H2,(H,11,12). The summed E-state index contributed by atoms with van der Waals surface area (Å²) in [7, 11) is 0. The lowest BCUT2D eigenvalue weighted by Crippen LogP contribution is -2.31. The number of hydrogen-bond acceptors (Lipinski definition) is 3. The monoisotopic (exact) mass is 194 g/mol. The van der Waals surface area contributed by atoms with Gasteiger partial charge in [0.05, 0.1) is 5.57 Å². The highest BCUT2D eigenvalue weighted by Gasteiger charge is 2.33. The lowest BCUT2D eigenvalue weighted by atomic mass is 9.99. The van der Waals surface area contributed by atoms with Gasteiger partial charge in [-0.05, 0) is 0 Å². The molecule has 0 fully saturated rings. The Morgan fingerprint density at radius 1 is 1.21 bits per heavy atom. The van der Waals surface area contributed by atoms with Crippen molar-refractivity contribution in [1.29, 1.82) is 0 Å². The molecule has 74 valence electrons. The lowest BCUT2D eigenvalue weighted by Gasteiger charge is -2.21. The molecule has 0 bridgehead atoms. The van der Waals surface area contributed by atoms with Crippen molar-refractivity contribution in [3.8, 4) is 0 Å². The topological polar surface area (TPSA) is 77.8 Å². The van der Waals surface area contributed by atoms with Gasteiger partial charge in [-0.2, -0.15) is 0 Å². The van der Waals surface area contributed by atoms with E-state index in [-0.39, 0.29) is 5.56 Å². The number of aliphatic hydroxyl groups is 2. The number of carboxylic acids is 1. The average Bonchev–Trinajstić information content (AvgIpc) is 2.18. The Kier molecular flexibility index (Phi) is 2.69. The number of hydrogen-bond donors (Lipinski definition) is 3. The summed E-state index contributed by atoms with van der Waals surface area (Å²) in [4.78, 5) is 10.5. The fraction of sp³-hybridized carbons (Fsp3) is 0.100. The van der Waals surface area contributed by atoms with Crippen LogP contribution in [0.5, 0.6) is 0 Å². The molecule has 0 saturated heterocycles. The first-order valence-electron chi connectivity index (χ1n) is 3.89. The molecule has 4 nitrogen and oxygen atoms in total. The molecule has 1 rings (SSSR count). The van der Waals surface area contributed by atoms with Gasteiger partial charge in [0, 0.05) is 5.56 Å². The molecule has 0 amide bonds. The highest BCUT2D eigenvalue weighted by Crippen LogP contribution is 2.24. The Labute approximate surface area is 80.7 Å². The molecule has 0 aromatic heterocycles. The molecule has 0 aliphatic carbocycles. The van der Waals surface area contributed by atoms with Crippen LogP contribution in [0, 0.1) is 0 Å². The highest BCUT2D eigenvalue weighted by molar-refractivity contribution is 5.87. The molecular weight excluding hydrogens is 184 g/mol. The normalized spacial score (nSPS) is 11.0. The fourth-order valence-electron chi connectivity index (χ4n) is 0.994. The van der Waals surface area contributed by atoms with E-state index in [0.29, 0.717) is 0 Å². The molecule has 0 aliphatic rings. The van der Waals surface area contributed by atoms with E-state index in [1.165, 1.54) is 12.1 Å². The van der Waals surface area contributed by atoms with Gasteiger partial charge >= 0.3 is 5.97 Å². The van der Waals surface area contributed by atoms with Gasteiger partial charge in [-0.15, -0.1) is 0 Å². The lowest BCUT2D eigenvalue weighted by molar-refractivity contribution is -0.157.